The third-order valence-corrected chi connectivity index (χ3v) is 3.68. The van der Waals surface area contributed by atoms with Crippen LogP contribution in [-0.2, 0) is 6.42 Å². The number of carbonyl (C=O) groups is 1. The predicted octanol–water partition coefficient (Wildman–Crippen LogP) is 1.44. The molecule has 1 aromatic rings. The molecule has 0 saturated carbocycles. The number of pyridine rings is 1. The van der Waals surface area contributed by atoms with E-state index in [9.17, 15) is 4.79 Å². The minimum atomic E-state index is -0.0641. The molecule has 1 aliphatic heterocycles. The summed E-state index contributed by atoms with van der Waals surface area (Å²) in [5.41, 5.74) is 7.18. The number of nitrogen functional groups attached to an aromatic ring is 1. The summed E-state index contributed by atoms with van der Waals surface area (Å²) in [4.78, 5) is 18.7. The number of amides is 1. The van der Waals surface area contributed by atoms with Crippen LogP contribution in [-0.4, -0.2) is 42.0 Å². The maximum Gasteiger partial charge on any atom is 0.251 e. The summed E-state index contributed by atoms with van der Waals surface area (Å²) in [7, 11) is 0. The van der Waals surface area contributed by atoms with E-state index >= 15 is 0 Å². The lowest BCUT2D eigenvalue weighted by Gasteiger charge is -2.26. The Hall–Kier alpha value is -1.62. The largest absolute Gasteiger partial charge is 0.384 e. The van der Waals surface area contributed by atoms with Gasteiger partial charge in [0.1, 0.15) is 5.82 Å². The average Bonchev–Trinajstić information content (AvgIpc) is 2.47. The molecule has 0 unspecified atom stereocenters. The van der Waals surface area contributed by atoms with Crippen molar-refractivity contribution >= 4 is 11.7 Å². The fourth-order valence-corrected chi connectivity index (χ4v) is 2.54. The smallest absolute Gasteiger partial charge is 0.251 e. The molecule has 0 aliphatic carbocycles. The maximum absolute atomic E-state index is 12.1. The number of nitrogens with zero attached hydrogens (tertiary/aromatic N) is 2. The van der Waals surface area contributed by atoms with Crippen molar-refractivity contribution in [3.05, 3.63) is 23.4 Å². The first kappa shape index (κ1) is 14.8. The summed E-state index contributed by atoms with van der Waals surface area (Å²) >= 11 is 0. The van der Waals surface area contributed by atoms with E-state index in [4.69, 9.17) is 5.73 Å². The van der Waals surface area contributed by atoms with Crippen LogP contribution in [0.1, 0.15) is 42.2 Å². The first-order valence-electron chi connectivity index (χ1n) is 7.46. The fourth-order valence-electron chi connectivity index (χ4n) is 2.54. The highest BCUT2D eigenvalue weighted by Crippen LogP contribution is 2.09. The molecule has 0 radical (unpaired) electrons. The van der Waals surface area contributed by atoms with Crippen molar-refractivity contribution < 1.29 is 4.79 Å². The molecule has 2 heterocycles. The number of anilines is 1. The van der Waals surface area contributed by atoms with Crippen molar-refractivity contribution in [1.29, 1.82) is 0 Å². The van der Waals surface area contributed by atoms with Gasteiger partial charge in [-0.2, -0.15) is 0 Å². The van der Waals surface area contributed by atoms with Gasteiger partial charge in [0, 0.05) is 24.3 Å². The van der Waals surface area contributed by atoms with Gasteiger partial charge in [-0.3, -0.25) is 4.79 Å². The van der Waals surface area contributed by atoms with E-state index in [1.807, 2.05) is 13.0 Å². The number of nitrogens with one attached hydrogen (secondary N) is 1. The number of nitrogens with two attached hydrogens (primary N) is 1. The summed E-state index contributed by atoms with van der Waals surface area (Å²) in [5, 5.41) is 2.96. The average molecular weight is 276 g/mol. The molecule has 5 heteroatoms. The summed E-state index contributed by atoms with van der Waals surface area (Å²) in [6, 6.07) is 3.45. The van der Waals surface area contributed by atoms with Crippen molar-refractivity contribution in [1.82, 2.24) is 15.2 Å². The van der Waals surface area contributed by atoms with E-state index in [1.165, 1.54) is 19.3 Å². The van der Waals surface area contributed by atoms with Crippen LogP contribution in [0.3, 0.4) is 0 Å². The quantitative estimate of drug-likeness (QED) is 0.853. The van der Waals surface area contributed by atoms with E-state index in [2.05, 4.69) is 15.2 Å². The van der Waals surface area contributed by atoms with Crippen molar-refractivity contribution in [3.8, 4) is 0 Å². The fraction of sp³-hybridized carbons (Fsp3) is 0.600. The maximum atomic E-state index is 12.1. The van der Waals surface area contributed by atoms with Gasteiger partial charge in [0.05, 0.1) is 0 Å². The number of piperidine rings is 1. The standard InChI is InChI=1S/C15H24N4O/c1-2-13-10-12(11-14(16)18-13)15(20)17-6-9-19-7-4-3-5-8-19/h10-11H,2-9H2,1H3,(H2,16,18)(H,17,20). The van der Waals surface area contributed by atoms with Gasteiger partial charge in [-0.25, -0.2) is 4.98 Å². The summed E-state index contributed by atoms with van der Waals surface area (Å²) in [5.74, 6) is 0.344. The van der Waals surface area contributed by atoms with E-state index in [1.54, 1.807) is 6.07 Å². The highest BCUT2D eigenvalue weighted by Gasteiger charge is 2.11. The molecular formula is C15H24N4O. The van der Waals surface area contributed by atoms with E-state index in [-0.39, 0.29) is 5.91 Å². The Balaban J connectivity index is 1.83. The van der Waals surface area contributed by atoms with Crippen molar-refractivity contribution in [2.24, 2.45) is 0 Å². The molecule has 0 spiro atoms. The number of hydrogen-bond acceptors (Lipinski definition) is 4. The van der Waals surface area contributed by atoms with Crippen LogP contribution in [0.15, 0.2) is 12.1 Å². The Morgan fingerprint density at radius 3 is 2.80 bits per heavy atom. The topological polar surface area (TPSA) is 71.2 Å². The second kappa shape index (κ2) is 7.24. The van der Waals surface area contributed by atoms with Gasteiger partial charge >= 0.3 is 0 Å². The molecule has 0 aromatic carbocycles. The van der Waals surface area contributed by atoms with Crippen LogP contribution >= 0.6 is 0 Å². The third kappa shape index (κ3) is 4.20. The van der Waals surface area contributed by atoms with Crippen molar-refractivity contribution in [2.75, 3.05) is 31.9 Å². The zero-order valence-corrected chi connectivity index (χ0v) is 12.2. The summed E-state index contributed by atoms with van der Waals surface area (Å²) in [6.45, 7) is 5.91. The zero-order chi connectivity index (χ0) is 14.4. The third-order valence-electron chi connectivity index (χ3n) is 3.68. The number of carbonyl (C=O) groups excluding carboxylic acids is 1. The molecular weight excluding hydrogens is 252 g/mol. The van der Waals surface area contributed by atoms with Crippen LogP contribution in [0.5, 0.6) is 0 Å². The second-order valence-corrected chi connectivity index (χ2v) is 5.28. The van der Waals surface area contributed by atoms with Gasteiger partial charge in [0.25, 0.3) is 5.91 Å². The monoisotopic (exact) mass is 276 g/mol. The van der Waals surface area contributed by atoms with E-state index < -0.39 is 0 Å². The molecule has 2 rings (SSSR count). The van der Waals surface area contributed by atoms with Gasteiger partial charge in [-0.05, 0) is 44.5 Å². The molecule has 110 valence electrons. The normalized spacial score (nSPS) is 16.1. The van der Waals surface area contributed by atoms with Gasteiger partial charge in [0.15, 0.2) is 0 Å². The minimum Gasteiger partial charge on any atom is -0.384 e. The first-order valence-corrected chi connectivity index (χ1v) is 7.46. The summed E-state index contributed by atoms with van der Waals surface area (Å²) in [6.07, 6.45) is 4.65. The molecule has 1 amide bonds. The highest BCUT2D eigenvalue weighted by molar-refractivity contribution is 5.94. The Kier molecular flexibility index (Phi) is 5.35. The molecule has 5 nitrogen and oxygen atoms in total. The number of rotatable bonds is 5. The van der Waals surface area contributed by atoms with Crippen LogP contribution < -0.4 is 11.1 Å². The van der Waals surface area contributed by atoms with Crippen LogP contribution in [0, 0.1) is 0 Å². The number of likely N-dealkylation sites (tertiary alicyclic amines) is 1. The number of aryl methyl sites for hydroxylation is 1. The Morgan fingerprint density at radius 1 is 1.35 bits per heavy atom. The van der Waals surface area contributed by atoms with Gasteiger partial charge in [0.2, 0.25) is 0 Å². The Labute approximate surface area is 120 Å². The summed E-state index contributed by atoms with van der Waals surface area (Å²) < 4.78 is 0. The van der Waals surface area contributed by atoms with Crippen LogP contribution in [0.4, 0.5) is 5.82 Å². The zero-order valence-electron chi connectivity index (χ0n) is 12.2. The molecule has 1 aromatic heterocycles. The SMILES string of the molecule is CCc1cc(C(=O)NCCN2CCCCC2)cc(N)n1. The van der Waals surface area contributed by atoms with E-state index in [0.29, 0.717) is 17.9 Å². The lowest BCUT2D eigenvalue weighted by molar-refractivity contribution is 0.0946. The molecule has 3 N–H and O–H groups in total. The van der Waals surface area contributed by atoms with Crippen molar-refractivity contribution in [2.45, 2.75) is 32.6 Å². The highest BCUT2D eigenvalue weighted by atomic mass is 16.1. The molecule has 0 bridgehead atoms. The predicted molar refractivity (Wildman–Crippen MR) is 80.7 cm³/mol. The Morgan fingerprint density at radius 2 is 2.10 bits per heavy atom. The minimum absolute atomic E-state index is 0.0641. The number of aromatic nitrogens is 1. The number of hydrogen-bond donors (Lipinski definition) is 2. The second-order valence-electron chi connectivity index (χ2n) is 5.28. The Bertz CT molecular complexity index is 455. The van der Waals surface area contributed by atoms with Gasteiger partial charge < -0.3 is 16.0 Å². The molecule has 1 fully saturated rings. The van der Waals surface area contributed by atoms with Crippen molar-refractivity contribution in [3.63, 3.8) is 0 Å². The van der Waals surface area contributed by atoms with Crippen LogP contribution in [0.25, 0.3) is 0 Å². The first-order chi connectivity index (χ1) is 9.69. The molecule has 0 atom stereocenters. The van der Waals surface area contributed by atoms with Gasteiger partial charge in [-0.1, -0.05) is 13.3 Å². The lowest BCUT2D eigenvalue weighted by atomic mass is 10.1. The molecule has 1 saturated heterocycles. The molecule has 20 heavy (non-hydrogen) atoms. The van der Waals surface area contributed by atoms with Crippen LogP contribution in [0.2, 0.25) is 0 Å². The lowest BCUT2D eigenvalue weighted by Crippen LogP contribution is -2.37. The van der Waals surface area contributed by atoms with E-state index in [0.717, 1.165) is 31.7 Å². The van der Waals surface area contributed by atoms with Gasteiger partial charge in [-0.15, -0.1) is 0 Å². The molecule has 1 aliphatic rings.